The lowest BCUT2D eigenvalue weighted by Crippen LogP contribution is -2.22. The Morgan fingerprint density at radius 1 is 1.25 bits per heavy atom. The first kappa shape index (κ1) is 7.47. The van der Waals surface area contributed by atoms with Gasteiger partial charge in [0.2, 0.25) is 0 Å². The average Bonchev–Trinajstić information content (AvgIpc) is 2.07. The molecule has 0 radical (unpaired) electrons. The van der Waals surface area contributed by atoms with Gasteiger partial charge in [0, 0.05) is 11.8 Å². The van der Waals surface area contributed by atoms with Gasteiger partial charge in [0.25, 0.3) is 0 Å². The second-order valence-corrected chi connectivity index (χ2v) is 3.32. The van der Waals surface area contributed by atoms with Crippen molar-refractivity contribution in [1.82, 2.24) is 0 Å². The van der Waals surface area contributed by atoms with Crippen LogP contribution >= 0.6 is 0 Å². The van der Waals surface area contributed by atoms with Gasteiger partial charge in [0.05, 0.1) is 11.5 Å². The molecule has 2 aliphatic carbocycles. The van der Waals surface area contributed by atoms with Crippen molar-refractivity contribution in [3.8, 4) is 0 Å². The summed E-state index contributed by atoms with van der Waals surface area (Å²) in [5.41, 5.74) is 0. The summed E-state index contributed by atoms with van der Waals surface area (Å²) in [6, 6.07) is 0. The number of aliphatic hydroxyl groups excluding tert-OH is 2. The second kappa shape index (κ2) is 2.70. The van der Waals surface area contributed by atoms with E-state index in [-0.39, 0.29) is 11.8 Å². The molecule has 64 valence electrons. The molecule has 0 aromatic carbocycles. The van der Waals surface area contributed by atoms with Crippen LogP contribution in [0.1, 0.15) is 12.8 Å². The molecule has 0 aliphatic heterocycles. The first-order valence-corrected chi connectivity index (χ1v) is 4.25. The zero-order valence-electron chi connectivity index (χ0n) is 6.77. The summed E-state index contributed by atoms with van der Waals surface area (Å²) in [5.74, 6) is 0.938. The molecule has 2 heteroatoms. The number of fused-ring (bicyclic) bond motifs is 1. The van der Waals surface area contributed by atoms with Crippen LogP contribution in [0.15, 0.2) is 35.8 Å². The summed E-state index contributed by atoms with van der Waals surface area (Å²) in [4.78, 5) is 0. The Bertz CT molecular complexity index is 274. The quantitative estimate of drug-likeness (QED) is 0.577. The van der Waals surface area contributed by atoms with Gasteiger partial charge in [-0.2, -0.15) is 0 Å². The average molecular weight is 164 g/mol. The highest BCUT2D eigenvalue weighted by atomic mass is 16.3. The van der Waals surface area contributed by atoms with Gasteiger partial charge in [0.1, 0.15) is 0 Å². The molecule has 0 saturated carbocycles. The lowest BCUT2D eigenvalue weighted by Gasteiger charge is -2.28. The number of hydrogen-bond donors (Lipinski definition) is 2. The van der Waals surface area contributed by atoms with Crippen molar-refractivity contribution in [1.29, 1.82) is 0 Å². The minimum absolute atomic E-state index is 0.0174. The van der Waals surface area contributed by atoms with Crippen LogP contribution in [0, 0.1) is 11.8 Å². The molecule has 0 aromatic rings. The maximum Gasteiger partial charge on any atom is 0.0963 e. The molecule has 2 aliphatic rings. The van der Waals surface area contributed by atoms with E-state index in [1.54, 1.807) is 12.2 Å². The van der Waals surface area contributed by atoms with Crippen molar-refractivity contribution in [2.24, 2.45) is 11.8 Å². The third-order valence-corrected chi connectivity index (χ3v) is 2.57. The van der Waals surface area contributed by atoms with Gasteiger partial charge in [0.15, 0.2) is 0 Å². The fraction of sp³-hybridized carbons (Fsp3) is 0.400. The van der Waals surface area contributed by atoms with E-state index in [4.69, 9.17) is 0 Å². The van der Waals surface area contributed by atoms with E-state index in [0.29, 0.717) is 11.5 Å². The lowest BCUT2D eigenvalue weighted by atomic mass is 9.79. The van der Waals surface area contributed by atoms with Gasteiger partial charge < -0.3 is 10.2 Å². The molecule has 0 bridgehead atoms. The normalized spacial score (nSPS) is 33.7. The Morgan fingerprint density at radius 2 is 2.08 bits per heavy atom. The van der Waals surface area contributed by atoms with Crippen molar-refractivity contribution in [3.05, 3.63) is 35.8 Å². The Morgan fingerprint density at radius 3 is 2.83 bits per heavy atom. The number of allylic oxidation sites excluding steroid dienone is 5. The van der Waals surface area contributed by atoms with E-state index in [9.17, 15) is 10.2 Å². The monoisotopic (exact) mass is 164 g/mol. The summed E-state index contributed by atoms with van der Waals surface area (Å²) in [5, 5.41) is 19.0. The predicted molar refractivity (Wildman–Crippen MR) is 46.8 cm³/mol. The molecule has 0 heterocycles. The van der Waals surface area contributed by atoms with E-state index in [2.05, 4.69) is 0 Å². The summed E-state index contributed by atoms with van der Waals surface area (Å²) >= 11 is 0. The Balaban J connectivity index is 2.31. The number of aliphatic hydroxyl groups is 2. The third kappa shape index (κ3) is 1.04. The minimum atomic E-state index is 0.0174. The Hall–Kier alpha value is -1.18. The predicted octanol–water partition coefficient (Wildman–Crippen LogP) is 2.47. The van der Waals surface area contributed by atoms with Gasteiger partial charge in [-0.15, -0.1) is 0 Å². The van der Waals surface area contributed by atoms with Crippen LogP contribution in [0.25, 0.3) is 0 Å². The highest BCUT2D eigenvalue weighted by Gasteiger charge is 2.30. The Labute approximate surface area is 71.5 Å². The van der Waals surface area contributed by atoms with E-state index in [1.807, 2.05) is 12.2 Å². The van der Waals surface area contributed by atoms with Crippen LogP contribution in [0.3, 0.4) is 0 Å². The van der Waals surface area contributed by atoms with Crippen molar-refractivity contribution in [2.45, 2.75) is 12.8 Å². The number of hydrogen-bond acceptors (Lipinski definition) is 2. The van der Waals surface area contributed by atoms with Gasteiger partial charge >= 0.3 is 0 Å². The molecule has 0 aromatic heterocycles. The van der Waals surface area contributed by atoms with Gasteiger partial charge in [-0.05, 0) is 25.0 Å². The van der Waals surface area contributed by atoms with Crippen LogP contribution in [0.5, 0.6) is 0 Å². The SMILES string of the molecule is OC1=CCCC2C(O)=CC=CC12. The summed E-state index contributed by atoms with van der Waals surface area (Å²) in [6.45, 7) is 0. The molecular weight excluding hydrogens is 152 g/mol. The first-order valence-electron chi connectivity index (χ1n) is 4.25. The first-order chi connectivity index (χ1) is 5.79. The molecule has 0 saturated heterocycles. The standard InChI is InChI=1S/C10H12O2/c11-9-5-1-3-7-8(9)4-2-6-10(7)12/h1,3,5-8,11-12H,2,4H2. The highest BCUT2D eigenvalue weighted by Crippen LogP contribution is 2.36. The zero-order chi connectivity index (χ0) is 8.55. The van der Waals surface area contributed by atoms with Gasteiger partial charge in [-0.25, -0.2) is 0 Å². The summed E-state index contributed by atoms with van der Waals surface area (Å²) in [6.07, 6.45) is 9.07. The topological polar surface area (TPSA) is 40.5 Å². The van der Waals surface area contributed by atoms with Crippen LogP contribution in [0.4, 0.5) is 0 Å². The molecule has 2 rings (SSSR count). The second-order valence-electron chi connectivity index (χ2n) is 3.32. The molecule has 2 N–H and O–H groups in total. The van der Waals surface area contributed by atoms with Crippen LogP contribution in [-0.2, 0) is 0 Å². The molecular formula is C10H12O2. The molecule has 2 atom stereocenters. The maximum atomic E-state index is 9.49. The minimum Gasteiger partial charge on any atom is -0.512 e. The molecule has 12 heavy (non-hydrogen) atoms. The van der Waals surface area contributed by atoms with Crippen molar-refractivity contribution < 1.29 is 10.2 Å². The van der Waals surface area contributed by atoms with E-state index in [0.717, 1.165) is 12.8 Å². The van der Waals surface area contributed by atoms with Crippen molar-refractivity contribution >= 4 is 0 Å². The van der Waals surface area contributed by atoms with E-state index >= 15 is 0 Å². The van der Waals surface area contributed by atoms with Crippen molar-refractivity contribution in [3.63, 3.8) is 0 Å². The number of rotatable bonds is 0. The fourth-order valence-corrected chi connectivity index (χ4v) is 1.89. The smallest absolute Gasteiger partial charge is 0.0963 e. The molecule has 0 fully saturated rings. The molecule has 0 spiro atoms. The van der Waals surface area contributed by atoms with Crippen LogP contribution in [-0.4, -0.2) is 10.2 Å². The van der Waals surface area contributed by atoms with Gasteiger partial charge in [-0.1, -0.05) is 12.2 Å². The third-order valence-electron chi connectivity index (χ3n) is 2.57. The fourth-order valence-electron chi connectivity index (χ4n) is 1.89. The van der Waals surface area contributed by atoms with Gasteiger partial charge in [-0.3, -0.25) is 0 Å². The van der Waals surface area contributed by atoms with Crippen LogP contribution in [0.2, 0.25) is 0 Å². The maximum absolute atomic E-state index is 9.49. The molecule has 2 nitrogen and oxygen atoms in total. The highest BCUT2D eigenvalue weighted by molar-refractivity contribution is 5.26. The van der Waals surface area contributed by atoms with Crippen molar-refractivity contribution in [2.75, 3.05) is 0 Å². The molecule has 0 amide bonds. The Kier molecular flexibility index (Phi) is 1.68. The van der Waals surface area contributed by atoms with E-state index < -0.39 is 0 Å². The molecule has 2 unspecified atom stereocenters. The van der Waals surface area contributed by atoms with Crippen LogP contribution < -0.4 is 0 Å². The largest absolute Gasteiger partial charge is 0.512 e. The summed E-state index contributed by atoms with van der Waals surface area (Å²) in [7, 11) is 0. The summed E-state index contributed by atoms with van der Waals surface area (Å²) < 4.78 is 0. The zero-order valence-corrected chi connectivity index (χ0v) is 6.77. The van der Waals surface area contributed by atoms with E-state index in [1.165, 1.54) is 0 Å². The lowest BCUT2D eigenvalue weighted by molar-refractivity contribution is 0.229.